The molecule has 0 unspecified atom stereocenters. The third-order valence-electron chi connectivity index (χ3n) is 5.58. The van der Waals surface area contributed by atoms with Gasteiger partial charge in [-0.3, -0.25) is 0 Å². The van der Waals surface area contributed by atoms with Crippen LogP contribution in [-0.4, -0.2) is 31.9 Å². The summed E-state index contributed by atoms with van der Waals surface area (Å²) in [4.78, 5) is 9.02. The number of pyridine rings is 1. The van der Waals surface area contributed by atoms with Crippen LogP contribution in [0, 0.1) is 5.82 Å². The number of hydrogen-bond acceptors (Lipinski definition) is 5. The normalized spacial score (nSPS) is 14.5. The molecule has 1 aliphatic rings. The number of benzene rings is 1. The number of anilines is 1. The third kappa shape index (κ3) is 3.54. The van der Waals surface area contributed by atoms with Gasteiger partial charge in [-0.25, -0.2) is 18.9 Å². The van der Waals surface area contributed by atoms with E-state index in [-0.39, 0.29) is 5.82 Å². The number of aromatic nitrogens is 4. The molecule has 1 saturated carbocycles. The highest BCUT2D eigenvalue weighted by Crippen LogP contribution is 2.36. The smallest absolute Gasteiger partial charge is 0.130 e. The summed E-state index contributed by atoms with van der Waals surface area (Å²) in [5, 5.41) is 9.46. The molecule has 0 spiro atoms. The van der Waals surface area contributed by atoms with Crippen LogP contribution in [0.1, 0.15) is 25.7 Å². The van der Waals surface area contributed by atoms with Gasteiger partial charge in [0.2, 0.25) is 0 Å². The average Bonchev–Trinajstić information content (AvgIpc) is 3.42. The molecule has 1 fully saturated rings. The van der Waals surface area contributed by atoms with Crippen molar-refractivity contribution in [1.82, 2.24) is 19.6 Å². The lowest BCUT2D eigenvalue weighted by Gasteiger charge is -2.13. The van der Waals surface area contributed by atoms with Crippen molar-refractivity contribution in [1.29, 1.82) is 0 Å². The molecular weight excluding hydrogens is 397 g/mol. The molecule has 0 bridgehead atoms. The third-order valence-corrected chi connectivity index (χ3v) is 6.31. The van der Waals surface area contributed by atoms with Crippen molar-refractivity contribution in [2.24, 2.45) is 0 Å². The van der Waals surface area contributed by atoms with Gasteiger partial charge < -0.3 is 5.32 Å². The van der Waals surface area contributed by atoms with Gasteiger partial charge in [-0.05, 0) is 55.5 Å². The Hall–Kier alpha value is -2.93. The van der Waals surface area contributed by atoms with Gasteiger partial charge in [0.05, 0.1) is 21.8 Å². The van der Waals surface area contributed by atoms with Gasteiger partial charge in [0.1, 0.15) is 23.7 Å². The molecular formula is C23H22FN5S. The summed E-state index contributed by atoms with van der Waals surface area (Å²) in [6.07, 6.45) is 8.50. The molecule has 5 nitrogen and oxygen atoms in total. The summed E-state index contributed by atoms with van der Waals surface area (Å²) in [5.41, 5.74) is 4.33. The summed E-state index contributed by atoms with van der Waals surface area (Å²) < 4.78 is 15.5. The Morgan fingerprint density at radius 2 is 1.87 bits per heavy atom. The second-order valence-corrected chi connectivity index (χ2v) is 8.34. The maximum atomic E-state index is 13.5. The standard InChI is InChI=1S/C23H22FN5S/c1-30-21-8-4-7-19-22(23(28-29(19)21)15-9-11-16(24)12-10-15)18-13-20(26-14-25-18)27-17-5-2-3-6-17/h4,7-14,17H,2-3,5-6H2,1H3,(H,25,26,27). The fourth-order valence-electron chi connectivity index (χ4n) is 4.11. The molecule has 7 heteroatoms. The highest BCUT2D eigenvalue weighted by atomic mass is 32.2. The van der Waals surface area contributed by atoms with Crippen molar-refractivity contribution < 1.29 is 4.39 Å². The molecule has 0 radical (unpaired) electrons. The first-order chi connectivity index (χ1) is 14.7. The highest BCUT2D eigenvalue weighted by Gasteiger charge is 2.20. The maximum Gasteiger partial charge on any atom is 0.130 e. The maximum absolute atomic E-state index is 13.5. The molecule has 1 aliphatic carbocycles. The van der Waals surface area contributed by atoms with Crippen molar-refractivity contribution in [3.63, 3.8) is 0 Å². The van der Waals surface area contributed by atoms with Crippen molar-refractivity contribution >= 4 is 23.1 Å². The Morgan fingerprint density at radius 3 is 2.63 bits per heavy atom. The molecule has 1 aromatic carbocycles. The van der Waals surface area contributed by atoms with Gasteiger partial charge in [-0.1, -0.05) is 18.9 Å². The van der Waals surface area contributed by atoms with Crippen LogP contribution < -0.4 is 5.32 Å². The van der Waals surface area contributed by atoms with E-state index in [1.807, 2.05) is 35.0 Å². The van der Waals surface area contributed by atoms with Crippen LogP contribution in [0.3, 0.4) is 0 Å². The Balaban J connectivity index is 1.67. The first kappa shape index (κ1) is 19.1. The fourth-order valence-corrected chi connectivity index (χ4v) is 4.64. The summed E-state index contributed by atoms with van der Waals surface area (Å²) in [6.45, 7) is 0. The summed E-state index contributed by atoms with van der Waals surface area (Å²) in [5.74, 6) is 0.566. The van der Waals surface area contributed by atoms with E-state index in [1.165, 1.54) is 37.8 Å². The van der Waals surface area contributed by atoms with Crippen molar-refractivity contribution in [2.45, 2.75) is 36.8 Å². The first-order valence-electron chi connectivity index (χ1n) is 10.1. The van der Waals surface area contributed by atoms with Crippen LogP contribution in [0.5, 0.6) is 0 Å². The molecule has 3 aromatic heterocycles. The first-order valence-corrected chi connectivity index (χ1v) is 11.4. The average molecular weight is 420 g/mol. The highest BCUT2D eigenvalue weighted by molar-refractivity contribution is 7.98. The largest absolute Gasteiger partial charge is 0.367 e. The lowest BCUT2D eigenvalue weighted by molar-refractivity contribution is 0.628. The summed E-state index contributed by atoms with van der Waals surface area (Å²) >= 11 is 1.63. The fraction of sp³-hybridized carbons (Fsp3) is 0.261. The van der Waals surface area contributed by atoms with Gasteiger partial charge >= 0.3 is 0 Å². The predicted molar refractivity (Wildman–Crippen MR) is 119 cm³/mol. The SMILES string of the molecule is CSc1cccc2c(-c3cc(NC4CCCC4)ncn3)c(-c3ccc(F)cc3)nn12. The molecule has 0 amide bonds. The van der Waals surface area contributed by atoms with E-state index in [4.69, 9.17) is 5.10 Å². The van der Waals surface area contributed by atoms with E-state index in [0.717, 1.165) is 38.9 Å². The minimum Gasteiger partial charge on any atom is -0.367 e. The lowest BCUT2D eigenvalue weighted by atomic mass is 10.0. The van der Waals surface area contributed by atoms with E-state index < -0.39 is 0 Å². The van der Waals surface area contributed by atoms with Crippen molar-refractivity contribution in [3.05, 3.63) is 60.7 Å². The zero-order valence-electron chi connectivity index (χ0n) is 16.7. The Morgan fingerprint density at radius 1 is 1.07 bits per heavy atom. The number of thioether (sulfide) groups is 1. The minimum absolute atomic E-state index is 0.265. The van der Waals surface area contributed by atoms with Crippen LogP contribution >= 0.6 is 11.8 Å². The van der Waals surface area contributed by atoms with Gasteiger partial charge in [0, 0.05) is 17.7 Å². The van der Waals surface area contributed by atoms with E-state index in [2.05, 4.69) is 15.3 Å². The second kappa shape index (κ2) is 8.07. The molecule has 3 heterocycles. The molecule has 4 aromatic rings. The number of fused-ring (bicyclic) bond motifs is 1. The van der Waals surface area contributed by atoms with Crippen LogP contribution in [0.25, 0.3) is 28.0 Å². The Labute approximate surface area is 178 Å². The van der Waals surface area contributed by atoms with Crippen molar-refractivity contribution in [3.8, 4) is 22.5 Å². The monoisotopic (exact) mass is 419 g/mol. The number of hydrogen-bond donors (Lipinski definition) is 1. The van der Waals surface area contributed by atoms with E-state index in [1.54, 1.807) is 30.2 Å². The predicted octanol–water partition coefficient (Wildman–Crippen LogP) is 5.67. The van der Waals surface area contributed by atoms with Crippen LogP contribution in [0.4, 0.5) is 10.2 Å². The number of halogens is 1. The Kier molecular flexibility index (Phi) is 5.12. The summed E-state index contributed by atoms with van der Waals surface area (Å²) in [6, 6.07) is 15.0. The molecule has 0 aliphatic heterocycles. The van der Waals surface area contributed by atoms with Gasteiger partial charge in [-0.2, -0.15) is 5.10 Å². The van der Waals surface area contributed by atoms with Crippen LogP contribution in [0.15, 0.2) is 59.9 Å². The summed E-state index contributed by atoms with van der Waals surface area (Å²) in [7, 11) is 0. The quantitative estimate of drug-likeness (QED) is 0.422. The minimum atomic E-state index is -0.265. The van der Waals surface area contributed by atoms with Crippen LogP contribution in [-0.2, 0) is 0 Å². The van der Waals surface area contributed by atoms with Gasteiger partial charge in [0.15, 0.2) is 0 Å². The molecule has 0 saturated heterocycles. The number of rotatable bonds is 5. The molecule has 30 heavy (non-hydrogen) atoms. The van der Waals surface area contributed by atoms with Gasteiger partial charge in [-0.15, -0.1) is 11.8 Å². The van der Waals surface area contributed by atoms with Gasteiger partial charge in [0.25, 0.3) is 0 Å². The molecule has 152 valence electrons. The van der Waals surface area contributed by atoms with E-state index in [0.29, 0.717) is 6.04 Å². The number of nitrogens with one attached hydrogen (secondary N) is 1. The topological polar surface area (TPSA) is 55.1 Å². The molecule has 0 atom stereocenters. The molecule has 1 N–H and O–H groups in total. The molecule has 5 rings (SSSR count). The van der Waals surface area contributed by atoms with E-state index >= 15 is 0 Å². The van der Waals surface area contributed by atoms with Crippen molar-refractivity contribution in [2.75, 3.05) is 11.6 Å². The number of nitrogens with zero attached hydrogens (tertiary/aromatic N) is 4. The Bertz CT molecular complexity index is 1180. The zero-order chi connectivity index (χ0) is 20.5. The second-order valence-electron chi connectivity index (χ2n) is 7.51. The van der Waals surface area contributed by atoms with E-state index in [9.17, 15) is 4.39 Å². The lowest BCUT2D eigenvalue weighted by Crippen LogP contribution is -2.15. The zero-order valence-corrected chi connectivity index (χ0v) is 17.5. The van der Waals surface area contributed by atoms with Crippen LogP contribution in [0.2, 0.25) is 0 Å².